The number of hydrogen-bond donors (Lipinski definition) is 3. The van der Waals surface area contributed by atoms with Crippen LogP contribution in [-0.4, -0.2) is 73.4 Å². The van der Waals surface area contributed by atoms with Gasteiger partial charge in [0.2, 0.25) is 5.91 Å². The smallest absolute Gasteiger partial charge is 0.391 e. The Morgan fingerprint density at radius 3 is 1.14 bits per heavy atom. The first-order chi connectivity index (χ1) is 35.0. The fourth-order valence-electron chi connectivity index (χ4n) is 9.73. The standard InChI is InChI=1S/C63H125N2O6P/c1-6-8-10-12-14-16-18-20-22-23-24-25-26-27-28-29-30-31-32-33-34-35-36-37-38-39-40-41-43-45-47-49-51-53-55-57-63(67)64-61(60-71-72(68,69)70-59-58-65(3,4)5)62(66)56-54-52-50-48-46-44-42-21-19-17-15-13-11-9-7-2/h18,20,23-24,61-62,66H,6-17,19,21-22,25-60H2,1-5H3,(H-,64,67,68,69)/p+1/b20-18-,24-23-. The number of hydrogen-bond acceptors (Lipinski definition) is 5. The van der Waals surface area contributed by atoms with Crippen molar-refractivity contribution in [3.63, 3.8) is 0 Å². The second-order valence-corrected chi connectivity index (χ2v) is 24.6. The zero-order valence-corrected chi connectivity index (χ0v) is 49.8. The molecular formula is C63H126N2O6P+. The predicted molar refractivity (Wildman–Crippen MR) is 314 cm³/mol. The van der Waals surface area contributed by atoms with E-state index in [0.29, 0.717) is 23.9 Å². The SMILES string of the molecule is CCCCCCC/C=C\C/C=C\CCCCCCCCCCCCCCCCCCCCCCCCCC(=O)NC(COP(=O)(O)OCC[N+](C)(C)C)C(O)CCCCCCCCCCCCCCCCC. The zero-order valence-electron chi connectivity index (χ0n) is 48.9. The van der Waals surface area contributed by atoms with E-state index in [1.165, 1.54) is 250 Å². The van der Waals surface area contributed by atoms with Gasteiger partial charge < -0.3 is 19.8 Å². The van der Waals surface area contributed by atoms with Crippen molar-refractivity contribution in [3.05, 3.63) is 24.3 Å². The summed E-state index contributed by atoms with van der Waals surface area (Å²) in [6.45, 7) is 4.92. The van der Waals surface area contributed by atoms with Crippen molar-refractivity contribution in [1.29, 1.82) is 0 Å². The average Bonchev–Trinajstić information content (AvgIpc) is 3.34. The molecule has 0 spiro atoms. The number of amides is 1. The van der Waals surface area contributed by atoms with Crippen LogP contribution in [0.4, 0.5) is 0 Å². The molecule has 0 aromatic carbocycles. The van der Waals surface area contributed by atoms with Gasteiger partial charge in [-0.2, -0.15) is 0 Å². The molecule has 3 N–H and O–H groups in total. The lowest BCUT2D eigenvalue weighted by Crippen LogP contribution is -2.46. The number of carbonyl (C=O) groups excluding carboxylic acids is 1. The van der Waals surface area contributed by atoms with Gasteiger partial charge in [0.25, 0.3) is 0 Å². The minimum atomic E-state index is -4.32. The topological polar surface area (TPSA) is 105 Å². The molecule has 0 radical (unpaired) electrons. The molecule has 0 aliphatic heterocycles. The quantitative estimate of drug-likeness (QED) is 0.0243. The number of aliphatic hydroxyl groups is 1. The van der Waals surface area contributed by atoms with Crippen LogP contribution in [0.25, 0.3) is 0 Å². The third kappa shape index (κ3) is 56.7. The number of rotatable bonds is 59. The summed E-state index contributed by atoms with van der Waals surface area (Å²) in [5, 5.41) is 14.1. The third-order valence-corrected chi connectivity index (χ3v) is 15.7. The molecule has 0 bridgehead atoms. The number of likely N-dealkylation sites (N-methyl/N-ethyl adjacent to an activating group) is 1. The summed E-state index contributed by atoms with van der Waals surface area (Å²) < 4.78 is 23.8. The van der Waals surface area contributed by atoms with Crippen LogP contribution in [0.1, 0.15) is 322 Å². The van der Waals surface area contributed by atoms with E-state index in [4.69, 9.17) is 9.05 Å². The minimum absolute atomic E-state index is 0.0775. The predicted octanol–water partition coefficient (Wildman–Crippen LogP) is 19.5. The van der Waals surface area contributed by atoms with Gasteiger partial charge in [0.05, 0.1) is 39.9 Å². The Bertz CT molecular complexity index is 1220. The number of nitrogens with one attached hydrogen (secondary N) is 1. The van der Waals surface area contributed by atoms with Gasteiger partial charge >= 0.3 is 7.82 Å². The normalized spacial score (nSPS) is 13.9. The molecule has 1 amide bonds. The van der Waals surface area contributed by atoms with Crippen LogP contribution in [0.5, 0.6) is 0 Å². The average molecular weight is 1040 g/mol. The summed E-state index contributed by atoms with van der Waals surface area (Å²) >= 11 is 0. The minimum Gasteiger partial charge on any atom is -0.391 e. The molecule has 428 valence electrons. The van der Waals surface area contributed by atoms with Crippen molar-refractivity contribution in [3.8, 4) is 0 Å². The van der Waals surface area contributed by atoms with Gasteiger partial charge in [0.1, 0.15) is 13.2 Å². The van der Waals surface area contributed by atoms with Crippen molar-refractivity contribution >= 4 is 13.7 Å². The number of phosphoric ester groups is 1. The Kier molecular flexibility index (Phi) is 54.0. The van der Waals surface area contributed by atoms with Gasteiger partial charge in [-0.15, -0.1) is 0 Å². The Morgan fingerprint density at radius 1 is 0.472 bits per heavy atom. The van der Waals surface area contributed by atoms with E-state index in [-0.39, 0.29) is 19.1 Å². The number of carbonyl (C=O) groups is 1. The van der Waals surface area contributed by atoms with Crippen molar-refractivity contribution in [1.82, 2.24) is 5.32 Å². The number of phosphoric acid groups is 1. The molecule has 3 atom stereocenters. The highest BCUT2D eigenvalue weighted by Gasteiger charge is 2.28. The molecule has 0 fully saturated rings. The summed E-state index contributed by atoms with van der Waals surface area (Å²) in [5.41, 5.74) is 0. The molecule has 3 unspecified atom stereocenters. The summed E-state index contributed by atoms with van der Waals surface area (Å²) in [4.78, 5) is 23.3. The Balaban J connectivity index is 3.92. The van der Waals surface area contributed by atoms with Gasteiger partial charge in [-0.3, -0.25) is 13.8 Å². The zero-order chi connectivity index (χ0) is 52.7. The summed E-state index contributed by atoms with van der Waals surface area (Å²) in [5.74, 6) is -0.138. The number of unbranched alkanes of at least 4 members (excludes halogenated alkanes) is 42. The van der Waals surface area contributed by atoms with Crippen LogP contribution in [0.2, 0.25) is 0 Å². The molecule has 0 saturated heterocycles. The first-order valence-corrected chi connectivity index (χ1v) is 33.2. The third-order valence-electron chi connectivity index (χ3n) is 14.7. The molecule has 9 heteroatoms. The number of nitrogens with zero attached hydrogens (tertiary/aromatic N) is 1. The van der Waals surface area contributed by atoms with Crippen LogP contribution in [0, 0.1) is 0 Å². The second-order valence-electron chi connectivity index (χ2n) is 23.1. The summed E-state index contributed by atoms with van der Waals surface area (Å²) in [6, 6.07) is -0.757. The number of quaternary nitrogens is 1. The Labute approximate surface area is 449 Å². The lowest BCUT2D eigenvalue weighted by atomic mass is 10.0. The van der Waals surface area contributed by atoms with Gasteiger partial charge in [-0.1, -0.05) is 295 Å². The van der Waals surface area contributed by atoms with Crippen LogP contribution in [0.3, 0.4) is 0 Å². The monoisotopic (exact) mass is 1040 g/mol. The van der Waals surface area contributed by atoms with Gasteiger partial charge in [-0.05, 0) is 44.9 Å². The first-order valence-electron chi connectivity index (χ1n) is 31.7. The highest BCUT2D eigenvalue weighted by atomic mass is 31.2. The van der Waals surface area contributed by atoms with Gasteiger partial charge in [-0.25, -0.2) is 4.57 Å². The van der Waals surface area contributed by atoms with E-state index in [1.807, 2.05) is 21.1 Å². The van der Waals surface area contributed by atoms with E-state index in [9.17, 15) is 19.4 Å². The molecule has 8 nitrogen and oxygen atoms in total. The van der Waals surface area contributed by atoms with Crippen molar-refractivity contribution in [2.75, 3.05) is 40.9 Å². The molecule has 0 aromatic rings. The van der Waals surface area contributed by atoms with E-state index in [1.54, 1.807) is 0 Å². The first kappa shape index (κ1) is 71.0. The van der Waals surface area contributed by atoms with Crippen LogP contribution in [0.15, 0.2) is 24.3 Å². The Hall–Kier alpha value is -1.02. The molecule has 0 aliphatic rings. The van der Waals surface area contributed by atoms with E-state index < -0.39 is 20.0 Å². The van der Waals surface area contributed by atoms with Crippen molar-refractivity contribution < 1.29 is 32.9 Å². The maximum Gasteiger partial charge on any atom is 0.472 e. The van der Waals surface area contributed by atoms with Crippen molar-refractivity contribution in [2.45, 2.75) is 334 Å². The van der Waals surface area contributed by atoms with E-state index >= 15 is 0 Å². The van der Waals surface area contributed by atoms with Crippen LogP contribution in [-0.2, 0) is 18.4 Å². The van der Waals surface area contributed by atoms with Gasteiger partial charge in [0, 0.05) is 6.42 Å². The molecule has 72 heavy (non-hydrogen) atoms. The lowest BCUT2D eigenvalue weighted by molar-refractivity contribution is -0.870. The highest BCUT2D eigenvalue weighted by molar-refractivity contribution is 7.47. The molecule has 0 saturated carbocycles. The summed E-state index contributed by atoms with van der Waals surface area (Å²) in [6.07, 6.45) is 69.8. The molecule has 0 rings (SSSR count). The maximum absolute atomic E-state index is 13.0. The number of allylic oxidation sites excluding steroid dienone is 4. The fraction of sp³-hybridized carbons (Fsp3) is 0.921. The maximum atomic E-state index is 13.0. The lowest BCUT2D eigenvalue weighted by Gasteiger charge is -2.26. The fourth-order valence-corrected chi connectivity index (χ4v) is 10.5. The molecule has 0 aromatic heterocycles. The van der Waals surface area contributed by atoms with Crippen LogP contribution < -0.4 is 5.32 Å². The highest BCUT2D eigenvalue weighted by Crippen LogP contribution is 2.43. The molecular weight excluding hydrogens is 912 g/mol. The molecule has 0 aliphatic carbocycles. The molecule has 0 heterocycles. The van der Waals surface area contributed by atoms with Gasteiger partial charge in [0.15, 0.2) is 0 Å². The largest absolute Gasteiger partial charge is 0.472 e. The van der Waals surface area contributed by atoms with Crippen LogP contribution >= 0.6 is 7.82 Å². The Morgan fingerprint density at radius 2 is 0.792 bits per heavy atom. The second kappa shape index (κ2) is 54.8. The summed E-state index contributed by atoms with van der Waals surface area (Å²) in [7, 11) is 1.63. The van der Waals surface area contributed by atoms with E-state index in [2.05, 4.69) is 43.5 Å². The van der Waals surface area contributed by atoms with Crippen molar-refractivity contribution in [2.24, 2.45) is 0 Å². The van der Waals surface area contributed by atoms with E-state index in [0.717, 1.165) is 44.9 Å². The number of aliphatic hydroxyl groups excluding tert-OH is 1.